The molecule has 0 radical (unpaired) electrons. The summed E-state index contributed by atoms with van der Waals surface area (Å²) in [6, 6.07) is 7.29. The standard InChI is InChI=1S/C18H19N5O2S/c1-10(20-11-4-3-5-12(8-11)25-2)17(24)22-18-21-15-7-6-14-13(9-19-23-14)16(15)26-18/h3-5,7-10,14,20,23H,6H2,1-2H3,(H,21,22,24). The van der Waals surface area contributed by atoms with Gasteiger partial charge in [0.05, 0.1) is 29.2 Å². The summed E-state index contributed by atoms with van der Waals surface area (Å²) >= 11 is 1.48. The number of nitrogens with zero attached hydrogens (tertiary/aromatic N) is 2. The topological polar surface area (TPSA) is 87.6 Å². The largest absolute Gasteiger partial charge is 0.497 e. The van der Waals surface area contributed by atoms with Crippen molar-refractivity contribution in [3.05, 3.63) is 34.1 Å². The molecule has 0 saturated carbocycles. The maximum atomic E-state index is 12.5. The van der Waals surface area contributed by atoms with Gasteiger partial charge in [0.2, 0.25) is 5.91 Å². The molecule has 2 atom stereocenters. The highest BCUT2D eigenvalue weighted by Crippen LogP contribution is 2.18. The van der Waals surface area contributed by atoms with E-state index in [2.05, 4.69) is 32.2 Å². The van der Waals surface area contributed by atoms with Crippen molar-refractivity contribution in [3.63, 3.8) is 0 Å². The van der Waals surface area contributed by atoms with Gasteiger partial charge in [-0.05, 0) is 25.5 Å². The summed E-state index contributed by atoms with van der Waals surface area (Å²) in [6.45, 7) is 1.81. The van der Waals surface area contributed by atoms with Gasteiger partial charge in [-0.3, -0.25) is 4.79 Å². The van der Waals surface area contributed by atoms with Crippen molar-refractivity contribution in [2.24, 2.45) is 5.10 Å². The van der Waals surface area contributed by atoms with Gasteiger partial charge in [0, 0.05) is 17.3 Å². The monoisotopic (exact) mass is 369 g/mol. The zero-order chi connectivity index (χ0) is 18.1. The Bertz CT molecular complexity index is 997. The van der Waals surface area contributed by atoms with Gasteiger partial charge in [-0.2, -0.15) is 5.10 Å². The van der Waals surface area contributed by atoms with Gasteiger partial charge in [0.1, 0.15) is 11.8 Å². The summed E-state index contributed by atoms with van der Waals surface area (Å²) in [6.07, 6.45) is 4.77. The van der Waals surface area contributed by atoms with E-state index in [4.69, 9.17) is 4.74 Å². The molecular formula is C18H19N5O2S. The third-order valence-corrected chi connectivity index (χ3v) is 5.38. The van der Waals surface area contributed by atoms with Crippen LogP contribution >= 0.6 is 11.3 Å². The van der Waals surface area contributed by atoms with Gasteiger partial charge in [0.25, 0.3) is 0 Å². The first-order valence-electron chi connectivity index (χ1n) is 8.35. The number of hydrogen-bond donors (Lipinski definition) is 3. The van der Waals surface area contributed by atoms with E-state index in [0.29, 0.717) is 5.13 Å². The number of carbonyl (C=O) groups is 1. The number of anilines is 2. The molecule has 3 N–H and O–H groups in total. The number of benzene rings is 1. The Balaban J connectivity index is 1.49. The van der Waals surface area contributed by atoms with Crippen molar-refractivity contribution in [3.8, 4) is 5.75 Å². The van der Waals surface area contributed by atoms with E-state index in [1.165, 1.54) is 11.3 Å². The predicted molar refractivity (Wildman–Crippen MR) is 104 cm³/mol. The number of thiazole rings is 1. The van der Waals surface area contributed by atoms with E-state index in [1.54, 1.807) is 7.11 Å². The number of hydrazone groups is 1. The summed E-state index contributed by atoms with van der Waals surface area (Å²) in [7, 11) is 1.61. The van der Waals surface area contributed by atoms with Crippen LogP contribution in [0.5, 0.6) is 5.75 Å². The lowest BCUT2D eigenvalue weighted by atomic mass is 10.0. The van der Waals surface area contributed by atoms with E-state index < -0.39 is 6.04 Å². The van der Waals surface area contributed by atoms with Gasteiger partial charge in [0.15, 0.2) is 5.13 Å². The molecule has 1 aromatic carbocycles. The van der Waals surface area contributed by atoms with Crippen molar-refractivity contribution in [2.45, 2.75) is 25.4 Å². The van der Waals surface area contributed by atoms with Crippen LogP contribution in [-0.4, -0.2) is 36.3 Å². The molecule has 1 aromatic heterocycles. The molecule has 7 nitrogen and oxygen atoms in total. The number of fused-ring (bicyclic) bond motifs is 2. The van der Waals surface area contributed by atoms with Gasteiger partial charge >= 0.3 is 0 Å². The number of nitrogens with one attached hydrogen (secondary N) is 3. The van der Waals surface area contributed by atoms with Crippen molar-refractivity contribution < 1.29 is 9.53 Å². The molecule has 2 aliphatic rings. The molecule has 0 spiro atoms. The zero-order valence-electron chi connectivity index (χ0n) is 14.4. The first-order chi connectivity index (χ1) is 12.6. The maximum absolute atomic E-state index is 12.5. The third kappa shape index (κ3) is 3.15. The summed E-state index contributed by atoms with van der Waals surface area (Å²) in [4.78, 5) is 17.1. The van der Waals surface area contributed by atoms with E-state index in [-0.39, 0.29) is 11.9 Å². The van der Waals surface area contributed by atoms with Crippen molar-refractivity contribution in [2.75, 3.05) is 17.7 Å². The molecule has 134 valence electrons. The molecule has 2 unspecified atom stereocenters. The fourth-order valence-electron chi connectivity index (χ4n) is 2.95. The number of aromatic nitrogens is 1. The average molecular weight is 369 g/mol. The van der Waals surface area contributed by atoms with Crippen LogP contribution < -0.4 is 30.7 Å². The van der Waals surface area contributed by atoms with E-state index in [0.717, 1.165) is 33.3 Å². The van der Waals surface area contributed by atoms with E-state index in [9.17, 15) is 4.79 Å². The Hall–Kier alpha value is -2.87. The van der Waals surface area contributed by atoms with Crippen LogP contribution in [0.15, 0.2) is 29.4 Å². The highest BCUT2D eigenvalue weighted by atomic mass is 32.1. The van der Waals surface area contributed by atoms with Gasteiger partial charge in [-0.1, -0.05) is 23.5 Å². The van der Waals surface area contributed by atoms with Crippen LogP contribution in [0, 0.1) is 0 Å². The second kappa shape index (κ2) is 6.80. The third-order valence-electron chi connectivity index (χ3n) is 4.35. The maximum Gasteiger partial charge on any atom is 0.248 e. The smallest absolute Gasteiger partial charge is 0.248 e. The van der Waals surface area contributed by atoms with Gasteiger partial charge < -0.3 is 20.8 Å². The SMILES string of the molecule is COc1cccc(NC(C)C(=O)Nc2nc3c(s2)=C2C=NNC2CC=3)c1. The summed E-state index contributed by atoms with van der Waals surface area (Å²) in [5.41, 5.74) is 5.04. The number of ether oxygens (including phenoxy) is 1. The highest BCUT2D eigenvalue weighted by molar-refractivity contribution is 7.14. The highest BCUT2D eigenvalue weighted by Gasteiger charge is 2.22. The number of methoxy groups -OCH3 is 1. The Labute approximate surface area is 154 Å². The Morgan fingerprint density at radius 2 is 2.35 bits per heavy atom. The Morgan fingerprint density at radius 1 is 1.46 bits per heavy atom. The first kappa shape index (κ1) is 16.6. The molecular weight excluding hydrogens is 350 g/mol. The molecule has 8 heteroatoms. The second-order valence-electron chi connectivity index (χ2n) is 6.16. The quantitative estimate of drug-likeness (QED) is 0.728. The molecule has 2 aromatic rings. The zero-order valence-corrected chi connectivity index (χ0v) is 15.3. The summed E-state index contributed by atoms with van der Waals surface area (Å²) in [5, 5.41) is 11.7. The summed E-state index contributed by atoms with van der Waals surface area (Å²) < 4.78 is 6.27. The van der Waals surface area contributed by atoms with Crippen LogP contribution in [0.1, 0.15) is 13.3 Å². The van der Waals surface area contributed by atoms with Gasteiger partial charge in [-0.25, -0.2) is 4.98 Å². The molecule has 0 bridgehead atoms. The van der Waals surface area contributed by atoms with Crippen LogP contribution in [0.4, 0.5) is 10.8 Å². The molecule has 1 aliphatic carbocycles. The second-order valence-corrected chi connectivity index (χ2v) is 7.15. The molecule has 26 heavy (non-hydrogen) atoms. The van der Waals surface area contributed by atoms with Crippen LogP contribution in [0.2, 0.25) is 0 Å². The number of carbonyl (C=O) groups excluding carboxylic acids is 1. The fourth-order valence-corrected chi connectivity index (χ4v) is 3.99. The number of hydrogen-bond acceptors (Lipinski definition) is 7. The molecule has 1 amide bonds. The van der Waals surface area contributed by atoms with Gasteiger partial charge in [-0.15, -0.1) is 0 Å². The normalized spacial score (nSPS) is 18.2. The number of amides is 1. The Kier molecular flexibility index (Phi) is 4.34. The minimum atomic E-state index is -0.415. The van der Waals surface area contributed by atoms with Crippen LogP contribution in [0.3, 0.4) is 0 Å². The van der Waals surface area contributed by atoms with E-state index >= 15 is 0 Å². The Morgan fingerprint density at radius 3 is 3.19 bits per heavy atom. The van der Waals surface area contributed by atoms with E-state index in [1.807, 2.05) is 37.4 Å². The molecule has 2 heterocycles. The lowest BCUT2D eigenvalue weighted by Gasteiger charge is -2.14. The molecule has 0 fully saturated rings. The van der Waals surface area contributed by atoms with Crippen LogP contribution in [-0.2, 0) is 4.79 Å². The van der Waals surface area contributed by atoms with Crippen molar-refractivity contribution in [1.82, 2.24) is 10.4 Å². The number of rotatable bonds is 5. The predicted octanol–water partition coefficient (Wildman–Crippen LogP) is 0.883. The van der Waals surface area contributed by atoms with Crippen molar-refractivity contribution in [1.29, 1.82) is 0 Å². The average Bonchev–Trinajstić information content (AvgIpc) is 3.27. The van der Waals surface area contributed by atoms with Crippen molar-refractivity contribution >= 4 is 45.9 Å². The fraction of sp³-hybridized carbons (Fsp3) is 0.278. The lowest BCUT2D eigenvalue weighted by Crippen LogP contribution is -2.35. The first-order valence-corrected chi connectivity index (χ1v) is 9.17. The lowest BCUT2D eigenvalue weighted by molar-refractivity contribution is -0.116. The summed E-state index contributed by atoms with van der Waals surface area (Å²) in [5.74, 6) is 0.600. The molecule has 0 saturated heterocycles. The molecule has 1 aliphatic heterocycles. The minimum Gasteiger partial charge on any atom is -0.497 e. The minimum absolute atomic E-state index is 0.140. The molecule has 4 rings (SSSR count). The van der Waals surface area contributed by atoms with Crippen LogP contribution in [0.25, 0.3) is 11.6 Å².